The van der Waals surface area contributed by atoms with Crippen LogP contribution in [0.4, 0.5) is 5.69 Å². The minimum atomic E-state index is 0. The van der Waals surface area contributed by atoms with Gasteiger partial charge in [0, 0.05) is 15.2 Å². The van der Waals surface area contributed by atoms with Gasteiger partial charge in [0.05, 0.1) is 0 Å². The monoisotopic (exact) mass is 380 g/mol. The molecule has 1 unspecified atom stereocenters. The zero-order chi connectivity index (χ0) is 12.4. The maximum absolute atomic E-state index is 12.0. The molecule has 0 aliphatic carbocycles. The minimum Gasteiger partial charge on any atom is -0.326 e. The number of benzene rings is 1. The number of carbonyl (C=O) groups is 1. The molecule has 1 atom stereocenters. The van der Waals surface area contributed by atoms with Crippen molar-refractivity contribution < 1.29 is 4.79 Å². The van der Waals surface area contributed by atoms with Crippen molar-refractivity contribution in [2.45, 2.75) is 13.8 Å². The summed E-state index contributed by atoms with van der Waals surface area (Å²) in [5, 5.41) is 6.21. The number of hydrogen-bond donors (Lipinski definition) is 2. The van der Waals surface area contributed by atoms with Crippen molar-refractivity contribution in [2.75, 3.05) is 18.4 Å². The van der Waals surface area contributed by atoms with E-state index in [9.17, 15) is 4.79 Å². The number of nitrogens with one attached hydrogen (secondary N) is 2. The standard InChI is InChI=1S/C13H17IN2O.ClH/c1-8-5-11(14)3-4-12(8)16-13(17)9(2)10-6-15-7-10;/h3-5,9-10,15H,6-7H2,1-2H3,(H,16,17);1H. The molecule has 0 bridgehead atoms. The van der Waals surface area contributed by atoms with Crippen LogP contribution in [-0.4, -0.2) is 19.0 Å². The summed E-state index contributed by atoms with van der Waals surface area (Å²) in [4.78, 5) is 12.0. The molecule has 1 aromatic rings. The SMILES string of the molecule is Cc1cc(I)ccc1NC(=O)C(C)C1CNC1.Cl. The molecule has 1 aliphatic heterocycles. The molecule has 2 rings (SSSR count). The summed E-state index contributed by atoms with van der Waals surface area (Å²) in [5.74, 6) is 0.690. The Morgan fingerprint density at radius 1 is 1.50 bits per heavy atom. The normalized spacial score (nSPS) is 16.4. The number of carbonyl (C=O) groups excluding carboxylic acids is 1. The van der Waals surface area contributed by atoms with Crippen molar-refractivity contribution in [3.63, 3.8) is 0 Å². The molecule has 100 valence electrons. The van der Waals surface area contributed by atoms with Gasteiger partial charge in [0.15, 0.2) is 0 Å². The lowest BCUT2D eigenvalue weighted by atomic mass is 9.88. The molecule has 0 saturated carbocycles. The fourth-order valence-electron chi connectivity index (χ4n) is 1.89. The summed E-state index contributed by atoms with van der Waals surface area (Å²) >= 11 is 2.27. The second-order valence-corrected chi connectivity index (χ2v) is 5.90. The van der Waals surface area contributed by atoms with E-state index in [-0.39, 0.29) is 24.2 Å². The highest BCUT2D eigenvalue weighted by Gasteiger charge is 2.28. The molecule has 1 saturated heterocycles. The summed E-state index contributed by atoms with van der Waals surface area (Å²) in [7, 11) is 0. The highest BCUT2D eigenvalue weighted by atomic mass is 127. The quantitative estimate of drug-likeness (QED) is 0.792. The van der Waals surface area contributed by atoms with Crippen LogP contribution in [0, 0.1) is 22.3 Å². The van der Waals surface area contributed by atoms with Gasteiger partial charge in [-0.1, -0.05) is 6.92 Å². The van der Waals surface area contributed by atoms with Crippen LogP contribution >= 0.6 is 35.0 Å². The fraction of sp³-hybridized carbons (Fsp3) is 0.462. The van der Waals surface area contributed by atoms with Gasteiger partial charge >= 0.3 is 0 Å². The smallest absolute Gasteiger partial charge is 0.227 e. The fourth-order valence-corrected chi connectivity index (χ4v) is 2.54. The molecule has 1 aromatic carbocycles. The van der Waals surface area contributed by atoms with Gasteiger partial charge in [0.25, 0.3) is 0 Å². The average Bonchev–Trinajstić information content (AvgIpc) is 2.19. The predicted molar refractivity (Wildman–Crippen MR) is 85.3 cm³/mol. The van der Waals surface area contributed by atoms with Crippen LogP contribution in [-0.2, 0) is 4.79 Å². The van der Waals surface area contributed by atoms with E-state index in [1.165, 1.54) is 3.57 Å². The summed E-state index contributed by atoms with van der Waals surface area (Å²) in [6.45, 7) is 5.94. The molecule has 5 heteroatoms. The highest BCUT2D eigenvalue weighted by molar-refractivity contribution is 14.1. The summed E-state index contributed by atoms with van der Waals surface area (Å²) in [5.41, 5.74) is 2.04. The van der Waals surface area contributed by atoms with Gasteiger partial charge in [0.2, 0.25) is 5.91 Å². The van der Waals surface area contributed by atoms with Gasteiger partial charge in [0.1, 0.15) is 0 Å². The third-order valence-corrected chi connectivity index (χ3v) is 4.05. The molecule has 18 heavy (non-hydrogen) atoms. The van der Waals surface area contributed by atoms with Crippen LogP contribution in [0.1, 0.15) is 12.5 Å². The summed E-state index contributed by atoms with van der Waals surface area (Å²) in [6.07, 6.45) is 0. The van der Waals surface area contributed by atoms with Crippen LogP contribution in [0.25, 0.3) is 0 Å². The largest absolute Gasteiger partial charge is 0.326 e. The Morgan fingerprint density at radius 3 is 2.67 bits per heavy atom. The summed E-state index contributed by atoms with van der Waals surface area (Å²) < 4.78 is 1.19. The first-order chi connectivity index (χ1) is 8.08. The van der Waals surface area contributed by atoms with Gasteiger partial charge in [-0.25, -0.2) is 0 Å². The molecule has 0 radical (unpaired) electrons. The molecular weight excluding hydrogens is 363 g/mol. The number of hydrogen-bond acceptors (Lipinski definition) is 2. The zero-order valence-electron chi connectivity index (χ0n) is 10.5. The van der Waals surface area contributed by atoms with Gasteiger partial charge < -0.3 is 10.6 Å². The Balaban J connectivity index is 0.00000162. The van der Waals surface area contributed by atoms with E-state index in [1.807, 2.05) is 26.0 Å². The third kappa shape index (κ3) is 3.59. The molecule has 1 heterocycles. The van der Waals surface area contributed by atoms with Crippen LogP contribution in [0.2, 0.25) is 0 Å². The number of halogens is 2. The molecule has 1 fully saturated rings. The van der Waals surface area contributed by atoms with Crippen molar-refractivity contribution in [1.82, 2.24) is 5.32 Å². The first-order valence-corrected chi connectivity index (χ1v) is 6.93. The van der Waals surface area contributed by atoms with Crippen molar-refractivity contribution in [2.24, 2.45) is 11.8 Å². The maximum Gasteiger partial charge on any atom is 0.227 e. The van der Waals surface area contributed by atoms with E-state index < -0.39 is 0 Å². The topological polar surface area (TPSA) is 41.1 Å². The minimum absolute atomic E-state index is 0. The highest BCUT2D eigenvalue weighted by Crippen LogP contribution is 2.21. The molecule has 3 nitrogen and oxygen atoms in total. The zero-order valence-corrected chi connectivity index (χ0v) is 13.5. The van der Waals surface area contributed by atoms with E-state index >= 15 is 0 Å². The molecular formula is C13H18ClIN2O. The van der Waals surface area contributed by atoms with Crippen LogP contribution in [0.5, 0.6) is 0 Å². The van der Waals surface area contributed by atoms with E-state index in [1.54, 1.807) is 0 Å². The molecule has 1 amide bonds. The number of amides is 1. The van der Waals surface area contributed by atoms with E-state index in [0.717, 1.165) is 24.3 Å². The molecule has 2 N–H and O–H groups in total. The van der Waals surface area contributed by atoms with Gasteiger partial charge in [-0.2, -0.15) is 0 Å². The van der Waals surface area contributed by atoms with Gasteiger partial charge in [-0.3, -0.25) is 4.79 Å². The predicted octanol–water partition coefficient (Wildman–Crippen LogP) is 2.82. The Labute approximate surface area is 128 Å². The first kappa shape index (κ1) is 15.7. The number of aryl methyl sites for hydroxylation is 1. The summed E-state index contributed by atoms with van der Waals surface area (Å²) in [6, 6.07) is 6.06. The van der Waals surface area contributed by atoms with Crippen LogP contribution in [0.3, 0.4) is 0 Å². The Hall–Kier alpha value is -0.330. The van der Waals surface area contributed by atoms with Crippen molar-refractivity contribution in [3.8, 4) is 0 Å². The Morgan fingerprint density at radius 2 is 2.17 bits per heavy atom. The van der Waals surface area contributed by atoms with Crippen molar-refractivity contribution in [3.05, 3.63) is 27.3 Å². The second-order valence-electron chi connectivity index (χ2n) is 4.66. The average molecular weight is 381 g/mol. The lowest BCUT2D eigenvalue weighted by Crippen LogP contribution is -2.48. The number of rotatable bonds is 3. The third-order valence-electron chi connectivity index (χ3n) is 3.38. The Kier molecular flexibility index (Phi) is 5.88. The van der Waals surface area contributed by atoms with Crippen LogP contribution < -0.4 is 10.6 Å². The lowest BCUT2D eigenvalue weighted by Gasteiger charge is -2.31. The van der Waals surface area contributed by atoms with Gasteiger partial charge in [-0.15, -0.1) is 12.4 Å². The van der Waals surface area contributed by atoms with E-state index in [0.29, 0.717) is 5.92 Å². The molecule has 0 spiro atoms. The van der Waals surface area contributed by atoms with Crippen LogP contribution in [0.15, 0.2) is 18.2 Å². The molecule has 0 aromatic heterocycles. The first-order valence-electron chi connectivity index (χ1n) is 5.85. The second kappa shape index (κ2) is 6.73. The Bertz CT molecular complexity index is 435. The molecule has 1 aliphatic rings. The van der Waals surface area contributed by atoms with Crippen molar-refractivity contribution >= 4 is 46.6 Å². The lowest BCUT2D eigenvalue weighted by molar-refractivity contribution is -0.121. The van der Waals surface area contributed by atoms with E-state index in [2.05, 4.69) is 39.3 Å². The van der Waals surface area contributed by atoms with E-state index in [4.69, 9.17) is 0 Å². The number of anilines is 1. The van der Waals surface area contributed by atoms with Crippen molar-refractivity contribution in [1.29, 1.82) is 0 Å². The maximum atomic E-state index is 12.0. The van der Waals surface area contributed by atoms with Gasteiger partial charge in [-0.05, 0) is 72.3 Å².